The standard InChI is InChI=1S/C26H28O15/c27-6-16-20(34)22(36)25(41-26-23(37)19(33)13(32)7-38-26)24(40-16)18-12(31)5-15-17(21(18)35)11(30)4-14(39-15)8-1-2-9(28)10(29)3-8/h1-5,13,16,19-20,22-29,31-37H,6-7H2/t13-,16?,19-,20+,22-,23?,24-,25?,26-/m0/s1. The summed E-state index contributed by atoms with van der Waals surface area (Å²) in [5, 5.41) is 102. The number of aromatic hydroxyl groups is 4. The molecule has 0 saturated carbocycles. The predicted molar refractivity (Wildman–Crippen MR) is 134 cm³/mol. The normalized spacial score (nSPS) is 32.3. The topological polar surface area (TPSA) is 260 Å². The molecule has 15 heteroatoms. The van der Waals surface area contributed by atoms with Crippen molar-refractivity contribution >= 4 is 11.0 Å². The molecule has 3 unspecified atom stereocenters. The molecule has 0 bridgehead atoms. The van der Waals surface area contributed by atoms with E-state index in [9.17, 15) is 55.9 Å². The zero-order valence-electron chi connectivity index (χ0n) is 21.0. The fourth-order valence-corrected chi connectivity index (χ4v) is 4.93. The highest BCUT2D eigenvalue weighted by Gasteiger charge is 2.50. The van der Waals surface area contributed by atoms with E-state index in [0.29, 0.717) is 0 Å². The highest BCUT2D eigenvalue weighted by Crippen LogP contribution is 2.46. The molecule has 1 aromatic heterocycles. The Labute approximate surface area is 229 Å². The number of phenols is 4. The van der Waals surface area contributed by atoms with Gasteiger partial charge >= 0.3 is 0 Å². The maximum atomic E-state index is 13.1. The van der Waals surface area contributed by atoms with Crippen LogP contribution in [0.25, 0.3) is 22.3 Å². The molecule has 2 aromatic carbocycles. The maximum Gasteiger partial charge on any atom is 0.197 e. The summed E-state index contributed by atoms with van der Waals surface area (Å²) in [6.45, 7) is -1.28. The molecule has 15 nitrogen and oxygen atoms in total. The van der Waals surface area contributed by atoms with Crippen molar-refractivity contribution in [2.45, 2.75) is 55.1 Å². The second-order valence-corrected chi connectivity index (χ2v) is 9.82. The molecule has 222 valence electrons. The smallest absolute Gasteiger partial charge is 0.197 e. The first-order valence-corrected chi connectivity index (χ1v) is 12.4. The number of ether oxygens (including phenoxy) is 3. The Kier molecular flexibility index (Phi) is 7.82. The van der Waals surface area contributed by atoms with Crippen LogP contribution in [0, 0.1) is 0 Å². The maximum absolute atomic E-state index is 13.1. The molecule has 5 rings (SSSR count). The van der Waals surface area contributed by atoms with E-state index in [1.807, 2.05) is 0 Å². The molecule has 3 heterocycles. The molecular weight excluding hydrogens is 552 g/mol. The first kappa shape index (κ1) is 29.0. The summed E-state index contributed by atoms with van der Waals surface area (Å²) in [6, 6.07) is 5.60. The zero-order chi connectivity index (χ0) is 29.7. The molecule has 0 amide bonds. The van der Waals surface area contributed by atoms with Crippen molar-refractivity contribution in [1.82, 2.24) is 0 Å². The third-order valence-corrected chi connectivity index (χ3v) is 7.17. The van der Waals surface area contributed by atoms with Crippen LogP contribution in [0.3, 0.4) is 0 Å². The Bertz CT molecular complexity index is 1490. The van der Waals surface area contributed by atoms with Crippen molar-refractivity contribution in [2.75, 3.05) is 13.2 Å². The van der Waals surface area contributed by atoms with Crippen LogP contribution < -0.4 is 5.43 Å². The van der Waals surface area contributed by atoms with Gasteiger partial charge in [-0.2, -0.15) is 0 Å². The van der Waals surface area contributed by atoms with Gasteiger partial charge in [0.15, 0.2) is 23.2 Å². The van der Waals surface area contributed by atoms with Crippen LogP contribution in [-0.4, -0.2) is 113 Å². The van der Waals surface area contributed by atoms with Gasteiger partial charge in [0.25, 0.3) is 0 Å². The third kappa shape index (κ3) is 5.07. The zero-order valence-corrected chi connectivity index (χ0v) is 21.0. The fourth-order valence-electron chi connectivity index (χ4n) is 4.93. The van der Waals surface area contributed by atoms with Crippen molar-refractivity contribution < 1.29 is 69.7 Å². The van der Waals surface area contributed by atoms with Crippen LogP contribution in [0.2, 0.25) is 0 Å². The average molecular weight is 580 g/mol. The van der Waals surface area contributed by atoms with Crippen LogP contribution in [0.4, 0.5) is 0 Å². The summed E-state index contributed by atoms with van der Waals surface area (Å²) in [5.41, 5.74) is -1.41. The molecule has 3 aromatic rings. The van der Waals surface area contributed by atoms with Crippen LogP contribution >= 0.6 is 0 Å². The number of aliphatic hydroxyl groups is 6. The summed E-state index contributed by atoms with van der Waals surface area (Å²) < 4.78 is 22.2. The summed E-state index contributed by atoms with van der Waals surface area (Å²) in [7, 11) is 0. The van der Waals surface area contributed by atoms with Crippen LogP contribution in [0.15, 0.2) is 39.5 Å². The summed E-state index contributed by atoms with van der Waals surface area (Å²) in [4.78, 5) is 13.1. The molecule has 10 N–H and O–H groups in total. The van der Waals surface area contributed by atoms with Gasteiger partial charge in [-0.1, -0.05) is 0 Å². The number of hydrogen-bond acceptors (Lipinski definition) is 15. The van der Waals surface area contributed by atoms with E-state index in [4.69, 9.17) is 18.6 Å². The van der Waals surface area contributed by atoms with E-state index in [0.717, 1.165) is 24.3 Å². The largest absolute Gasteiger partial charge is 0.507 e. The van der Waals surface area contributed by atoms with E-state index in [1.54, 1.807) is 0 Å². The van der Waals surface area contributed by atoms with Crippen molar-refractivity contribution in [3.05, 3.63) is 46.1 Å². The Balaban J connectivity index is 1.59. The quantitative estimate of drug-likeness (QED) is 0.150. The number of benzene rings is 2. The predicted octanol–water partition coefficient (Wildman–Crippen LogP) is -1.74. The Morgan fingerprint density at radius 3 is 2.27 bits per heavy atom. The number of aliphatic hydroxyl groups excluding tert-OH is 6. The molecule has 2 aliphatic heterocycles. The lowest BCUT2D eigenvalue weighted by molar-refractivity contribution is -0.325. The van der Waals surface area contributed by atoms with Gasteiger partial charge in [-0.15, -0.1) is 0 Å². The molecule has 0 spiro atoms. The van der Waals surface area contributed by atoms with Crippen molar-refractivity contribution in [3.63, 3.8) is 0 Å². The molecule has 41 heavy (non-hydrogen) atoms. The van der Waals surface area contributed by atoms with E-state index >= 15 is 0 Å². The lowest BCUT2D eigenvalue weighted by Gasteiger charge is -2.45. The van der Waals surface area contributed by atoms with E-state index in [2.05, 4.69) is 0 Å². The van der Waals surface area contributed by atoms with Crippen molar-refractivity contribution in [3.8, 4) is 34.3 Å². The van der Waals surface area contributed by atoms with Gasteiger partial charge in [-0.3, -0.25) is 4.79 Å². The van der Waals surface area contributed by atoms with Crippen molar-refractivity contribution in [1.29, 1.82) is 0 Å². The first-order valence-electron chi connectivity index (χ1n) is 12.4. The number of phenolic OH excluding ortho intramolecular Hbond substituents is 4. The Morgan fingerprint density at radius 1 is 0.854 bits per heavy atom. The minimum Gasteiger partial charge on any atom is -0.507 e. The monoisotopic (exact) mass is 580 g/mol. The Hall–Kier alpha value is -3.51. The third-order valence-electron chi connectivity index (χ3n) is 7.17. The van der Waals surface area contributed by atoms with Crippen LogP contribution in [0.5, 0.6) is 23.0 Å². The van der Waals surface area contributed by atoms with E-state index in [1.165, 1.54) is 6.07 Å². The highest BCUT2D eigenvalue weighted by molar-refractivity contribution is 5.88. The summed E-state index contributed by atoms with van der Waals surface area (Å²) in [5.74, 6) is -2.55. The minimum atomic E-state index is -1.87. The highest BCUT2D eigenvalue weighted by atomic mass is 16.7. The molecule has 2 fully saturated rings. The van der Waals surface area contributed by atoms with Gasteiger partial charge in [0.1, 0.15) is 77.1 Å². The van der Waals surface area contributed by atoms with Crippen LogP contribution in [0.1, 0.15) is 11.7 Å². The Morgan fingerprint density at radius 2 is 1.59 bits per heavy atom. The minimum absolute atomic E-state index is 0.0810. The summed E-state index contributed by atoms with van der Waals surface area (Å²) in [6.07, 6.45) is -15.1. The van der Waals surface area contributed by atoms with Gasteiger partial charge in [-0.25, -0.2) is 0 Å². The molecule has 0 aliphatic carbocycles. The second kappa shape index (κ2) is 11.1. The van der Waals surface area contributed by atoms with Gasteiger partial charge in [0.05, 0.1) is 18.8 Å². The van der Waals surface area contributed by atoms with E-state index < -0.39 is 108 Å². The first-order chi connectivity index (χ1) is 19.4. The van der Waals surface area contributed by atoms with Gasteiger partial charge in [0, 0.05) is 17.7 Å². The molecule has 2 saturated heterocycles. The molecular formula is C26H28O15. The lowest BCUT2D eigenvalue weighted by Crippen LogP contribution is -2.60. The molecule has 9 atom stereocenters. The second-order valence-electron chi connectivity index (χ2n) is 9.82. The summed E-state index contributed by atoms with van der Waals surface area (Å²) >= 11 is 0. The van der Waals surface area contributed by atoms with Crippen molar-refractivity contribution in [2.24, 2.45) is 0 Å². The number of fused-ring (bicyclic) bond motifs is 1. The fraction of sp³-hybridized carbons (Fsp3) is 0.423. The number of rotatable bonds is 5. The number of hydrogen-bond donors (Lipinski definition) is 10. The SMILES string of the molecule is O=c1cc(-c2ccc(O)c(O)c2)oc2cc(O)c([C@@H]3OC(CO)[C@@H](O)[C@H](O)C3O[C@@H]3OC[C@H](O)[C@H](O)C3O)c(O)c12. The van der Waals surface area contributed by atoms with Gasteiger partial charge in [-0.05, 0) is 18.2 Å². The molecule has 0 radical (unpaired) electrons. The van der Waals surface area contributed by atoms with E-state index in [-0.39, 0.29) is 16.9 Å². The molecule has 2 aliphatic rings. The average Bonchev–Trinajstić information content (AvgIpc) is 2.93. The van der Waals surface area contributed by atoms with Crippen LogP contribution in [-0.2, 0) is 14.2 Å². The van der Waals surface area contributed by atoms with Gasteiger partial charge < -0.3 is 69.7 Å². The van der Waals surface area contributed by atoms with Gasteiger partial charge in [0.2, 0.25) is 0 Å². The lowest BCUT2D eigenvalue weighted by atomic mass is 9.89.